The van der Waals surface area contributed by atoms with Crippen LogP contribution in [0.3, 0.4) is 0 Å². The highest BCUT2D eigenvalue weighted by Gasteiger charge is 2.36. The van der Waals surface area contributed by atoms with E-state index in [-0.39, 0.29) is 0 Å². The predicted molar refractivity (Wildman–Crippen MR) is 68.2 cm³/mol. The molecule has 1 aliphatic heterocycles. The molecule has 2 rings (SSSR count). The van der Waals surface area contributed by atoms with Crippen LogP contribution in [-0.4, -0.2) is 36.6 Å². The van der Waals surface area contributed by atoms with E-state index in [9.17, 15) is 0 Å². The van der Waals surface area contributed by atoms with Crippen LogP contribution in [0, 0.1) is 18.3 Å². The minimum absolute atomic E-state index is 0.638. The lowest BCUT2D eigenvalue weighted by Crippen LogP contribution is -2.50. The number of hydrogen-bond donors (Lipinski definition) is 1. The molecule has 0 radical (unpaired) electrons. The Morgan fingerprint density at radius 3 is 3.00 bits per heavy atom. The molecule has 0 aromatic rings. The van der Waals surface area contributed by atoms with Gasteiger partial charge < -0.3 is 5.32 Å². The monoisotopic (exact) mass is 220 g/mol. The Morgan fingerprint density at radius 1 is 1.38 bits per heavy atom. The third kappa shape index (κ3) is 2.59. The van der Waals surface area contributed by atoms with Crippen LogP contribution in [0.1, 0.15) is 39.0 Å². The van der Waals surface area contributed by atoms with Gasteiger partial charge in [0.15, 0.2) is 0 Å². The van der Waals surface area contributed by atoms with Crippen molar-refractivity contribution in [2.75, 3.05) is 19.6 Å². The fourth-order valence-electron chi connectivity index (χ4n) is 3.51. The van der Waals surface area contributed by atoms with Gasteiger partial charge in [-0.15, -0.1) is 6.42 Å². The van der Waals surface area contributed by atoms with Crippen LogP contribution in [0.2, 0.25) is 0 Å². The molecule has 1 heterocycles. The predicted octanol–water partition coefficient (Wildman–Crippen LogP) is 1.86. The first-order valence-corrected chi connectivity index (χ1v) is 6.73. The van der Waals surface area contributed by atoms with Crippen LogP contribution in [0.25, 0.3) is 0 Å². The molecule has 2 heteroatoms. The molecule has 2 nitrogen and oxygen atoms in total. The van der Waals surface area contributed by atoms with Gasteiger partial charge in [-0.25, -0.2) is 0 Å². The first-order valence-electron chi connectivity index (χ1n) is 6.73. The van der Waals surface area contributed by atoms with Crippen LogP contribution in [-0.2, 0) is 0 Å². The lowest BCUT2D eigenvalue weighted by Gasteiger charge is -2.41. The maximum absolute atomic E-state index is 5.25. The molecule has 16 heavy (non-hydrogen) atoms. The van der Waals surface area contributed by atoms with E-state index in [1.54, 1.807) is 0 Å². The molecule has 2 aliphatic rings. The van der Waals surface area contributed by atoms with E-state index < -0.39 is 0 Å². The normalized spacial score (nSPS) is 32.0. The van der Waals surface area contributed by atoms with Gasteiger partial charge in [-0.05, 0) is 45.1 Å². The molecule has 3 unspecified atom stereocenters. The summed E-state index contributed by atoms with van der Waals surface area (Å²) in [7, 11) is 0. The van der Waals surface area contributed by atoms with Crippen LogP contribution < -0.4 is 5.32 Å². The fourth-order valence-corrected chi connectivity index (χ4v) is 3.51. The summed E-state index contributed by atoms with van der Waals surface area (Å²) in [4.78, 5) is 2.73. The zero-order chi connectivity index (χ0) is 11.4. The van der Waals surface area contributed by atoms with Crippen molar-refractivity contribution in [2.24, 2.45) is 5.92 Å². The van der Waals surface area contributed by atoms with Gasteiger partial charge in [0, 0.05) is 18.6 Å². The quantitative estimate of drug-likeness (QED) is 0.575. The van der Waals surface area contributed by atoms with E-state index in [4.69, 9.17) is 6.42 Å². The molecule has 0 spiro atoms. The maximum atomic E-state index is 5.25. The summed E-state index contributed by atoms with van der Waals surface area (Å²) in [6.07, 6.45) is 12.4. The smallest absolute Gasteiger partial charge is 0.0574 e. The lowest BCUT2D eigenvalue weighted by atomic mass is 9.91. The Labute approximate surface area is 99.8 Å². The number of nitrogens with one attached hydrogen (secondary N) is 1. The number of terminal acetylenes is 1. The summed E-state index contributed by atoms with van der Waals surface area (Å²) in [5, 5.41) is 3.33. The highest BCUT2D eigenvalue weighted by Crippen LogP contribution is 2.37. The molecule has 0 aromatic carbocycles. The van der Waals surface area contributed by atoms with Crippen LogP contribution in [0.15, 0.2) is 0 Å². The molecular formula is C14H24N2. The minimum Gasteiger partial charge on any atom is -0.305 e. The lowest BCUT2D eigenvalue weighted by molar-refractivity contribution is 0.0749. The zero-order valence-corrected chi connectivity index (χ0v) is 10.4. The molecule has 0 amide bonds. The Kier molecular flexibility index (Phi) is 4.26. The van der Waals surface area contributed by atoms with E-state index in [0.717, 1.165) is 18.5 Å². The molecule has 1 N–H and O–H groups in total. The van der Waals surface area contributed by atoms with Gasteiger partial charge in [-0.3, -0.25) is 4.90 Å². The van der Waals surface area contributed by atoms with Crippen molar-refractivity contribution in [3.63, 3.8) is 0 Å². The average molecular weight is 220 g/mol. The molecule has 1 saturated heterocycles. The SMILES string of the molecule is C#CCNCC(C)N1CCCC2CCCC21. The van der Waals surface area contributed by atoms with Gasteiger partial charge in [0.05, 0.1) is 6.54 Å². The topological polar surface area (TPSA) is 15.3 Å². The van der Waals surface area contributed by atoms with E-state index in [0.29, 0.717) is 12.6 Å². The van der Waals surface area contributed by atoms with Crippen LogP contribution in [0.4, 0.5) is 0 Å². The zero-order valence-electron chi connectivity index (χ0n) is 10.4. The van der Waals surface area contributed by atoms with Gasteiger partial charge in [0.1, 0.15) is 0 Å². The molecule has 0 bridgehead atoms. The first kappa shape index (κ1) is 12.0. The standard InChI is InChI=1S/C14H24N2/c1-3-9-15-11-12(2)16-10-5-7-13-6-4-8-14(13)16/h1,12-15H,4-11H2,2H3. The van der Waals surface area contributed by atoms with Crippen molar-refractivity contribution < 1.29 is 0 Å². The second-order valence-electron chi connectivity index (χ2n) is 5.32. The summed E-state index contributed by atoms with van der Waals surface area (Å²) < 4.78 is 0. The maximum Gasteiger partial charge on any atom is 0.0574 e. The Balaban J connectivity index is 1.84. The summed E-state index contributed by atoms with van der Waals surface area (Å²) in [6.45, 7) is 5.37. The summed E-state index contributed by atoms with van der Waals surface area (Å²) in [6, 6.07) is 1.51. The summed E-state index contributed by atoms with van der Waals surface area (Å²) in [5.74, 6) is 3.63. The second kappa shape index (κ2) is 5.70. The second-order valence-corrected chi connectivity index (χ2v) is 5.32. The number of likely N-dealkylation sites (tertiary alicyclic amines) is 1. The van der Waals surface area contributed by atoms with Crippen LogP contribution >= 0.6 is 0 Å². The van der Waals surface area contributed by atoms with Crippen molar-refractivity contribution in [2.45, 2.75) is 51.1 Å². The Hall–Kier alpha value is -0.520. The van der Waals surface area contributed by atoms with E-state index in [1.807, 2.05) is 0 Å². The van der Waals surface area contributed by atoms with Gasteiger partial charge >= 0.3 is 0 Å². The number of fused-ring (bicyclic) bond motifs is 1. The van der Waals surface area contributed by atoms with Gasteiger partial charge in [-0.2, -0.15) is 0 Å². The van der Waals surface area contributed by atoms with Gasteiger partial charge in [0.25, 0.3) is 0 Å². The summed E-state index contributed by atoms with van der Waals surface area (Å²) in [5.41, 5.74) is 0. The Bertz CT molecular complexity index is 256. The van der Waals surface area contributed by atoms with Crippen molar-refractivity contribution >= 4 is 0 Å². The number of piperidine rings is 1. The number of nitrogens with zero attached hydrogens (tertiary/aromatic N) is 1. The third-order valence-electron chi connectivity index (χ3n) is 4.27. The third-order valence-corrected chi connectivity index (χ3v) is 4.27. The van der Waals surface area contributed by atoms with E-state index >= 15 is 0 Å². The molecule has 1 aliphatic carbocycles. The number of rotatable bonds is 4. The van der Waals surface area contributed by atoms with Crippen molar-refractivity contribution in [1.82, 2.24) is 10.2 Å². The summed E-state index contributed by atoms with van der Waals surface area (Å²) >= 11 is 0. The highest BCUT2D eigenvalue weighted by atomic mass is 15.2. The van der Waals surface area contributed by atoms with E-state index in [1.165, 1.54) is 38.6 Å². The molecular weight excluding hydrogens is 196 g/mol. The first-order chi connectivity index (χ1) is 7.83. The van der Waals surface area contributed by atoms with Gasteiger partial charge in [0.2, 0.25) is 0 Å². The van der Waals surface area contributed by atoms with Crippen molar-refractivity contribution in [3.8, 4) is 12.3 Å². The molecule has 2 fully saturated rings. The molecule has 0 aromatic heterocycles. The van der Waals surface area contributed by atoms with Crippen molar-refractivity contribution in [3.05, 3.63) is 0 Å². The number of hydrogen-bond acceptors (Lipinski definition) is 2. The Morgan fingerprint density at radius 2 is 2.19 bits per heavy atom. The molecule has 90 valence electrons. The van der Waals surface area contributed by atoms with Gasteiger partial charge in [-0.1, -0.05) is 12.3 Å². The molecule has 3 atom stereocenters. The molecule has 1 saturated carbocycles. The highest BCUT2D eigenvalue weighted by molar-refractivity contribution is 4.92. The van der Waals surface area contributed by atoms with E-state index in [2.05, 4.69) is 23.1 Å². The van der Waals surface area contributed by atoms with Crippen LogP contribution in [0.5, 0.6) is 0 Å². The van der Waals surface area contributed by atoms with Crippen molar-refractivity contribution in [1.29, 1.82) is 0 Å². The average Bonchev–Trinajstić information content (AvgIpc) is 2.76. The fraction of sp³-hybridized carbons (Fsp3) is 0.857. The minimum atomic E-state index is 0.638. The largest absolute Gasteiger partial charge is 0.305 e.